The number of anilines is 1. The molecule has 0 atom stereocenters. The lowest BCUT2D eigenvalue weighted by Crippen LogP contribution is -2.36. The van der Waals surface area contributed by atoms with Crippen molar-refractivity contribution in [3.8, 4) is 0 Å². The zero-order valence-electron chi connectivity index (χ0n) is 15.6. The Hall–Kier alpha value is -0.780. The molecule has 132 valence electrons. The predicted molar refractivity (Wildman–Crippen MR) is 101 cm³/mol. The molecule has 0 amide bonds. The van der Waals surface area contributed by atoms with E-state index in [4.69, 9.17) is 17.0 Å². The van der Waals surface area contributed by atoms with Gasteiger partial charge in [0.05, 0.1) is 18.9 Å². The fourth-order valence-electron chi connectivity index (χ4n) is 2.79. The minimum Gasteiger partial charge on any atom is -0.378 e. The standard InChI is InChI=1S/C18H32N2O2S/c1-7-9-20(8-2)11-13-22-12-10-19(6)15-14(18(3,4)5)16(21)17(15)23/h7-13H2,1-6H3. The van der Waals surface area contributed by atoms with Crippen molar-refractivity contribution < 1.29 is 4.74 Å². The Balaban J connectivity index is 2.44. The first-order valence-corrected chi connectivity index (χ1v) is 8.99. The predicted octanol–water partition coefficient (Wildman–Crippen LogP) is 3.13. The van der Waals surface area contributed by atoms with E-state index in [1.54, 1.807) is 0 Å². The van der Waals surface area contributed by atoms with Crippen molar-refractivity contribution in [2.45, 2.75) is 46.5 Å². The van der Waals surface area contributed by atoms with E-state index < -0.39 is 0 Å². The molecule has 0 bridgehead atoms. The van der Waals surface area contributed by atoms with Crippen LogP contribution in [0.4, 0.5) is 5.69 Å². The summed E-state index contributed by atoms with van der Waals surface area (Å²) >= 11 is 5.23. The van der Waals surface area contributed by atoms with Crippen molar-refractivity contribution in [1.82, 2.24) is 4.90 Å². The minimum atomic E-state index is -0.161. The molecule has 0 spiro atoms. The van der Waals surface area contributed by atoms with Gasteiger partial charge in [0.15, 0.2) is 0 Å². The summed E-state index contributed by atoms with van der Waals surface area (Å²) in [5, 5.41) is 0. The van der Waals surface area contributed by atoms with Gasteiger partial charge in [0, 0.05) is 25.7 Å². The third-order valence-electron chi connectivity index (χ3n) is 4.13. The molecule has 0 saturated heterocycles. The number of hydrogen-bond acceptors (Lipinski definition) is 5. The van der Waals surface area contributed by atoms with Gasteiger partial charge in [-0.2, -0.15) is 0 Å². The van der Waals surface area contributed by atoms with Crippen molar-refractivity contribution in [2.24, 2.45) is 0 Å². The van der Waals surface area contributed by atoms with Crippen molar-refractivity contribution in [2.75, 3.05) is 51.3 Å². The lowest BCUT2D eigenvalue weighted by Gasteiger charge is -2.30. The van der Waals surface area contributed by atoms with Gasteiger partial charge in [-0.1, -0.05) is 46.8 Å². The molecule has 0 aliphatic carbocycles. The molecule has 23 heavy (non-hydrogen) atoms. The molecule has 0 aliphatic rings. The van der Waals surface area contributed by atoms with E-state index in [9.17, 15) is 4.79 Å². The Labute approximate surface area is 146 Å². The Morgan fingerprint density at radius 3 is 2.22 bits per heavy atom. The molecule has 0 unspecified atom stereocenters. The second-order valence-corrected chi connectivity index (χ2v) is 7.51. The largest absolute Gasteiger partial charge is 0.378 e. The normalized spacial score (nSPS) is 12.3. The van der Waals surface area contributed by atoms with Gasteiger partial charge in [-0.25, -0.2) is 0 Å². The summed E-state index contributed by atoms with van der Waals surface area (Å²) in [6.45, 7) is 15.9. The molecule has 0 fully saturated rings. The van der Waals surface area contributed by atoms with Gasteiger partial charge in [-0.05, 0) is 24.9 Å². The van der Waals surface area contributed by atoms with E-state index >= 15 is 0 Å². The highest BCUT2D eigenvalue weighted by molar-refractivity contribution is 7.71. The summed E-state index contributed by atoms with van der Waals surface area (Å²) in [7, 11) is 1.98. The maximum absolute atomic E-state index is 12.0. The maximum Gasteiger partial charge on any atom is 0.204 e. The second kappa shape index (κ2) is 8.90. The van der Waals surface area contributed by atoms with Crippen LogP contribution in [0.2, 0.25) is 0 Å². The lowest BCUT2D eigenvalue weighted by atomic mass is 9.82. The number of ether oxygens (including phenoxy) is 1. The molecule has 0 aliphatic heterocycles. The second-order valence-electron chi connectivity index (χ2n) is 7.10. The Morgan fingerprint density at radius 1 is 1.09 bits per heavy atom. The summed E-state index contributed by atoms with van der Waals surface area (Å²) in [5.74, 6) is 0. The molecule has 5 heteroatoms. The van der Waals surface area contributed by atoms with E-state index in [0.717, 1.165) is 44.0 Å². The van der Waals surface area contributed by atoms with Gasteiger partial charge in [0.1, 0.15) is 4.51 Å². The minimum absolute atomic E-state index is 0.0356. The molecule has 0 radical (unpaired) electrons. The molecule has 1 aromatic carbocycles. The Morgan fingerprint density at radius 2 is 1.70 bits per heavy atom. The molecule has 0 N–H and O–H groups in total. The molecule has 1 aromatic rings. The van der Waals surface area contributed by atoms with E-state index in [1.807, 2.05) is 7.05 Å². The SMILES string of the molecule is CCCN(CC)CCOCCN(C)c1c(C(C)(C)C)c(=O)c1=S. The molecule has 0 saturated carbocycles. The molecular weight excluding hydrogens is 308 g/mol. The zero-order valence-corrected chi connectivity index (χ0v) is 16.4. The van der Waals surface area contributed by atoms with Crippen molar-refractivity contribution >= 4 is 17.9 Å². The van der Waals surface area contributed by atoms with Crippen molar-refractivity contribution in [1.29, 1.82) is 0 Å². The smallest absolute Gasteiger partial charge is 0.204 e. The molecule has 4 nitrogen and oxygen atoms in total. The van der Waals surface area contributed by atoms with Gasteiger partial charge >= 0.3 is 0 Å². The van der Waals surface area contributed by atoms with Crippen LogP contribution in [-0.2, 0) is 10.2 Å². The third-order valence-corrected chi connectivity index (χ3v) is 4.51. The van der Waals surface area contributed by atoms with Crippen molar-refractivity contribution in [3.05, 3.63) is 20.3 Å². The first kappa shape index (κ1) is 20.3. The highest BCUT2D eigenvalue weighted by Crippen LogP contribution is 2.32. The number of hydrogen-bond donors (Lipinski definition) is 0. The summed E-state index contributed by atoms with van der Waals surface area (Å²) < 4.78 is 6.22. The van der Waals surface area contributed by atoms with E-state index in [2.05, 4.69) is 44.4 Å². The van der Waals surface area contributed by atoms with E-state index in [1.165, 1.54) is 6.42 Å². The van der Waals surface area contributed by atoms with Crippen LogP contribution < -0.4 is 10.3 Å². The Kier molecular flexibility index (Phi) is 7.84. The lowest BCUT2D eigenvalue weighted by molar-refractivity contribution is 0.110. The third kappa shape index (κ3) is 5.37. The molecule has 0 aromatic heterocycles. The number of nitrogens with zero attached hydrogens (tertiary/aromatic N) is 2. The first-order chi connectivity index (χ1) is 10.7. The van der Waals surface area contributed by atoms with Gasteiger partial charge in [-0.15, -0.1) is 0 Å². The van der Waals surface area contributed by atoms with Crippen molar-refractivity contribution in [3.63, 3.8) is 0 Å². The first-order valence-electron chi connectivity index (χ1n) is 8.59. The van der Waals surface area contributed by atoms with E-state index in [-0.39, 0.29) is 10.8 Å². The van der Waals surface area contributed by atoms with Crippen LogP contribution in [0.5, 0.6) is 0 Å². The van der Waals surface area contributed by atoms with Crippen LogP contribution in [0.3, 0.4) is 0 Å². The summed E-state index contributed by atoms with van der Waals surface area (Å²) in [6.07, 6.45) is 1.17. The quantitative estimate of drug-likeness (QED) is 0.483. The van der Waals surface area contributed by atoms with Crippen LogP contribution in [-0.4, -0.2) is 51.3 Å². The van der Waals surface area contributed by atoms with Crippen LogP contribution in [0.15, 0.2) is 4.79 Å². The molecule has 0 heterocycles. The highest BCUT2D eigenvalue weighted by Gasteiger charge is 2.29. The Bertz CT molecular complexity index is 556. The zero-order chi connectivity index (χ0) is 17.6. The highest BCUT2D eigenvalue weighted by atomic mass is 32.1. The average molecular weight is 341 g/mol. The van der Waals surface area contributed by atoms with Gasteiger partial charge in [-0.3, -0.25) is 4.79 Å². The van der Waals surface area contributed by atoms with Crippen LogP contribution in [0, 0.1) is 4.51 Å². The fraction of sp³-hybridized carbons (Fsp3) is 0.778. The molecule has 1 rings (SSSR count). The summed E-state index contributed by atoms with van der Waals surface area (Å²) in [4.78, 5) is 16.5. The van der Waals surface area contributed by atoms with E-state index in [0.29, 0.717) is 11.1 Å². The summed E-state index contributed by atoms with van der Waals surface area (Å²) in [5.41, 5.74) is 1.66. The van der Waals surface area contributed by atoms with Gasteiger partial charge in [0.25, 0.3) is 0 Å². The molecular formula is C18H32N2O2S. The maximum atomic E-state index is 12.0. The van der Waals surface area contributed by atoms with Crippen LogP contribution in [0.1, 0.15) is 46.6 Å². The van der Waals surface area contributed by atoms with Crippen LogP contribution in [0.25, 0.3) is 0 Å². The topological polar surface area (TPSA) is 32.8 Å². The average Bonchev–Trinajstić information content (AvgIpc) is 2.48. The summed E-state index contributed by atoms with van der Waals surface area (Å²) in [6, 6.07) is 0. The number of likely N-dealkylation sites (N-methyl/N-ethyl adjacent to an activating group) is 2. The van der Waals surface area contributed by atoms with Gasteiger partial charge < -0.3 is 14.5 Å². The van der Waals surface area contributed by atoms with Gasteiger partial charge in [0.2, 0.25) is 5.43 Å². The number of rotatable bonds is 10. The van der Waals surface area contributed by atoms with Crippen LogP contribution >= 0.6 is 12.2 Å². The monoisotopic (exact) mass is 340 g/mol. The fourth-order valence-corrected chi connectivity index (χ4v) is 3.15.